The van der Waals surface area contributed by atoms with Crippen molar-refractivity contribution < 1.29 is 4.79 Å². The fourth-order valence-corrected chi connectivity index (χ4v) is 3.04. The minimum Gasteiger partial charge on any atom is -0.294 e. The Morgan fingerprint density at radius 2 is 1.91 bits per heavy atom. The summed E-state index contributed by atoms with van der Waals surface area (Å²) < 4.78 is 1.73. The number of rotatable bonds is 1. The van der Waals surface area contributed by atoms with Gasteiger partial charge in [-0.2, -0.15) is 9.50 Å². The number of hydrogen-bond acceptors (Lipinski definition) is 4. The monoisotopic (exact) mass is 292 g/mol. The Morgan fingerprint density at radius 1 is 1.14 bits per heavy atom. The van der Waals surface area contributed by atoms with Gasteiger partial charge in [-0.15, -0.1) is 5.10 Å². The van der Waals surface area contributed by atoms with E-state index in [0.717, 1.165) is 17.7 Å². The average molecular weight is 292 g/mol. The predicted molar refractivity (Wildman–Crippen MR) is 82.7 cm³/mol. The van der Waals surface area contributed by atoms with Crippen molar-refractivity contribution >= 4 is 11.6 Å². The second-order valence-electron chi connectivity index (χ2n) is 6.57. The third-order valence-electron chi connectivity index (χ3n) is 4.08. The molecule has 110 valence electrons. The van der Waals surface area contributed by atoms with Crippen LogP contribution in [0.2, 0.25) is 0 Å². The van der Waals surface area contributed by atoms with Crippen LogP contribution in [0.3, 0.4) is 0 Å². The summed E-state index contributed by atoms with van der Waals surface area (Å²) >= 11 is 0. The van der Waals surface area contributed by atoms with Gasteiger partial charge in [0, 0.05) is 18.2 Å². The van der Waals surface area contributed by atoms with Gasteiger partial charge in [0.15, 0.2) is 11.6 Å². The second kappa shape index (κ2) is 4.47. The Hall–Kier alpha value is -2.56. The lowest BCUT2D eigenvalue weighted by atomic mass is 9.76. The van der Waals surface area contributed by atoms with Crippen LogP contribution in [-0.2, 0) is 6.42 Å². The van der Waals surface area contributed by atoms with E-state index in [-0.39, 0.29) is 11.2 Å². The lowest BCUT2D eigenvalue weighted by molar-refractivity contribution is 0.0908. The first kappa shape index (κ1) is 13.1. The van der Waals surface area contributed by atoms with Crippen molar-refractivity contribution in [3.63, 3.8) is 0 Å². The van der Waals surface area contributed by atoms with Crippen molar-refractivity contribution in [3.8, 4) is 11.4 Å². The van der Waals surface area contributed by atoms with E-state index in [1.165, 1.54) is 0 Å². The fraction of sp³-hybridized carbons (Fsp3) is 0.294. The zero-order valence-corrected chi connectivity index (χ0v) is 12.6. The van der Waals surface area contributed by atoms with Crippen molar-refractivity contribution in [2.24, 2.45) is 5.41 Å². The second-order valence-corrected chi connectivity index (χ2v) is 6.57. The largest absolute Gasteiger partial charge is 0.294 e. The lowest BCUT2D eigenvalue weighted by Gasteiger charge is -2.29. The molecule has 3 aromatic rings. The van der Waals surface area contributed by atoms with Gasteiger partial charge < -0.3 is 0 Å². The number of nitrogens with zero attached hydrogens (tertiary/aromatic N) is 4. The highest BCUT2D eigenvalue weighted by molar-refractivity contribution is 5.98. The standard InChI is InChI=1S/C17H16N4O/c1-17(2)8-13-12(14(22)9-17)10-18-16-19-15(20-21(13)16)11-6-4-3-5-7-11/h3-7,10H,8-9H2,1-2H3. The molecular formula is C17H16N4O. The summed E-state index contributed by atoms with van der Waals surface area (Å²) in [4.78, 5) is 21.1. The lowest BCUT2D eigenvalue weighted by Crippen LogP contribution is -2.29. The van der Waals surface area contributed by atoms with Crippen LogP contribution in [0.15, 0.2) is 36.5 Å². The van der Waals surface area contributed by atoms with Gasteiger partial charge >= 0.3 is 0 Å². The maximum atomic E-state index is 12.3. The molecule has 0 atom stereocenters. The van der Waals surface area contributed by atoms with Gasteiger partial charge in [0.25, 0.3) is 5.78 Å². The van der Waals surface area contributed by atoms with E-state index < -0.39 is 0 Å². The summed E-state index contributed by atoms with van der Waals surface area (Å²) in [5.74, 6) is 1.32. The molecule has 2 heterocycles. The molecule has 1 aliphatic carbocycles. The van der Waals surface area contributed by atoms with Gasteiger partial charge in [-0.1, -0.05) is 44.2 Å². The normalized spacial score (nSPS) is 16.7. The summed E-state index contributed by atoms with van der Waals surface area (Å²) in [6.07, 6.45) is 2.99. The summed E-state index contributed by atoms with van der Waals surface area (Å²) in [5, 5.41) is 4.59. The maximum Gasteiger partial charge on any atom is 0.252 e. The van der Waals surface area contributed by atoms with E-state index in [1.807, 2.05) is 30.3 Å². The molecule has 0 saturated heterocycles. The molecule has 0 amide bonds. The Kier molecular flexibility index (Phi) is 2.66. The summed E-state index contributed by atoms with van der Waals surface area (Å²) in [7, 11) is 0. The molecule has 0 radical (unpaired) electrons. The molecule has 0 unspecified atom stereocenters. The molecule has 0 N–H and O–H groups in total. The molecule has 22 heavy (non-hydrogen) atoms. The first-order chi connectivity index (χ1) is 10.5. The van der Waals surface area contributed by atoms with Crippen molar-refractivity contribution in [2.45, 2.75) is 26.7 Å². The summed E-state index contributed by atoms with van der Waals surface area (Å²) in [6, 6.07) is 9.81. The highest BCUT2D eigenvalue weighted by Gasteiger charge is 2.33. The van der Waals surface area contributed by atoms with E-state index in [1.54, 1.807) is 10.7 Å². The van der Waals surface area contributed by atoms with Crippen LogP contribution in [0, 0.1) is 5.41 Å². The summed E-state index contributed by atoms with van der Waals surface area (Å²) in [6.45, 7) is 4.21. The Balaban J connectivity index is 1.93. The molecule has 5 nitrogen and oxygen atoms in total. The number of aromatic nitrogens is 4. The third-order valence-corrected chi connectivity index (χ3v) is 4.08. The molecule has 0 fully saturated rings. The van der Waals surface area contributed by atoms with Crippen LogP contribution in [0.1, 0.15) is 36.3 Å². The van der Waals surface area contributed by atoms with Crippen LogP contribution >= 0.6 is 0 Å². The molecule has 1 aliphatic rings. The van der Waals surface area contributed by atoms with Crippen molar-refractivity contribution in [1.29, 1.82) is 0 Å². The zero-order valence-electron chi connectivity index (χ0n) is 12.6. The molecule has 0 aliphatic heterocycles. The summed E-state index contributed by atoms with van der Waals surface area (Å²) in [5.41, 5.74) is 2.48. The minimum atomic E-state index is -0.0583. The number of hydrogen-bond donors (Lipinski definition) is 0. The number of carbonyl (C=O) groups is 1. The maximum absolute atomic E-state index is 12.3. The first-order valence-corrected chi connectivity index (χ1v) is 7.37. The zero-order chi connectivity index (χ0) is 15.3. The average Bonchev–Trinajstić information content (AvgIpc) is 2.91. The molecule has 1 aromatic carbocycles. The van der Waals surface area contributed by atoms with Gasteiger partial charge in [-0.25, -0.2) is 4.98 Å². The van der Waals surface area contributed by atoms with Gasteiger partial charge in [-0.3, -0.25) is 4.79 Å². The predicted octanol–water partition coefficient (Wildman–Crippen LogP) is 2.95. The van der Waals surface area contributed by atoms with Crippen molar-refractivity contribution in [1.82, 2.24) is 19.6 Å². The van der Waals surface area contributed by atoms with Gasteiger partial charge in [-0.05, 0) is 11.8 Å². The van der Waals surface area contributed by atoms with Gasteiger partial charge in [0.05, 0.1) is 11.3 Å². The van der Waals surface area contributed by atoms with E-state index in [4.69, 9.17) is 0 Å². The van der Waals surface area contributed by atoms with Crippen molar-refractivity contribution in [2.75, 3.05) is 0 Å². The number of carbonyl (C=O) groups excluding carboxylic acids is 1. The van der Waals surface area contributed by atoms with Crippen molar-refractivity contribution in [3.05, 3.63) is 47.8 Å². The van der Waals surface area contributed by atoms with E-state index in [9.17, 15) is 4.79 Å². The Morgan fingerprint density at radius 3 is 2.68 bits per heavy atom. The number of Topliss-reactive ketones (excluding diaryl/α,β-unsaturated/α-hetero) is 1. The Labute approximate surface area is 128 Å². The molecule has 0 saturated carbocycles. The Bertz CT molecular complexity index is 880. The molecule has 4 rings (SSSR count). The molecule has 5 heteroatoms. The number of ketones is 1. The highest BCUT2D eigenvalue weighted by Crippen LogP contribution is 2.34. The molecule has 0 spiro atoms. The quantitative estimate of drug-likeness (QED) is 0.692. The van der Waals surface area contributed by atoms with E-state index in [2.05, 4.69) is 28.9 Å². The van der Waals surface area contributed by atoms with E-state index in [0.29, 0.717) is 23.6 Å². The van der Waals surface area contributed by atoms with Crippen LogP contribution in [0.25, 0.3) is 17.2 Å². The highest BCUT2D eigenvalue weighted by atomic mass is 16.1. The first-order valence-electron chi connectivity index (χ1n) is 7.37. The van der Waals surface area contributed by atoms with Crippen LogP contribution in [-0.4, -0.2) is 25.4 Å². The molecule has 2 aromatic heterocycles. The topological polar surface area (TPSA) is 60.2 Å². The SMILES string of the molecule is CC1(C)CC(=O)c2cnc3nc(-c4ccccc4)nn3c2C1. The fourth-order valence-electron chi connectivity index (χ4n) is 3.04. The van der Waals surface area contributed by atoms with E-state index >= 15 is 0 Å². The smallest absolute Gasteiger partial charge is 0.252 e. The van der Waals surface area contributed by atoms with Crippen LogP contribution < -0.4 is 0 Å². The minimum absolute atomic E-state index is 0.0583. The third kappa shape index (κ3) is 2.01. The van der Waals surface area contributed by atoms with Gasteiger partial charge in [0.1, 0.15) is 0 Å². The van der Waals surface area contributed by atoms with Crippen LogP contribution in [0.5, 0.6) is 0 Å². The van der Waals surface area contributed by atoms with Gasteiger partial charge in [0.2, 0.25) is 0 Å². The number of benzene rings is 1. The molecular weight excluding hydrogens is 276 g/mol. The number of fused-ring (bicyclic) bond motifs is 3. The molecule has 0 bridgehead atoms. The van der Waals surface area contributed by atoms with Crippen LogP contribution in [0.4, 0.5) is 0 Å².